The highest BCUT2D eigenvalue weighted by molar-refractivity contribution is 8.13. The molecule has 1 aliphatic heterocycles. The summed E-state index contributed by atoms with van der Waals surface area (Å²) in [6, 6.07) is 0.545. The van der Waals surface area contributed by atoms with Gasteiger partial charge >= 0.3 is 0 Å². The smallest absolute Gasteiger partial charge is 0.156 e. The lowest BCUT2D eigenvalue weighted by atomic mass is 9.85. The van der Waals surface area contributed by atoms with E-state index in [1.807, 2.05) is 11.8 Å². The Morgan fingerprint density at radius 2 is 2.00 bits per heavy atom. The maximum absolute atomic E-state index is 5.84. The van der Waals surface area contributed by atoms with Gasteiger partial charge in [-0.1, -0.05) is 45.4 Å². The average Bonchev–Trinajstić information content (AvgIpc) is 2.87. The molecule has 110 valence electrons. The van der Waals surface area contributed by atoms with Crippen molar-refractivity contribution in [3.8, 4) is 0 Å². The molecule has 1 N–H and O–H groups in total. The molecule has 19 heavy (non-hydrogen) atoms. The van der Waals surface area contributed by atoms with E-state index in [-0.39, 0.29) is 0 Å². The zero-order valence-electron chi connectivity index (χ0n) is 12.6. The van der Waals surface area contributed by atoms with E-state index < -0.39 is 0 Å². The molecule has 2 rings (SSSR count). The third kappa shape index (κ3) is 4.99. The van der Waals surface area contributed by atoms with Gasteiger partial charge in [-0.2, -0.15) is 0 Å². The van der Waals surface area contributed by atoms with Crippen molar-refractivity contribution < 1.29 is 4.74 Å². The van der Waals surface area contributed by atoms with Crippen molar-refractivity contribution >= 4 is 16.9 Å². The summed E-state index contributed by atoms with van der Waals surface area (Å²) < 4.78 is 5.84. The molecule has 1 saturated carbocycles. The van der Waals surface area contributed by atoms with Crippen LogP contribution in [0.5, 0.6) is 0 Å². The van der Waals surface area contributed by atoms with Gasteiger partial charge < -0.3 is 10.1 Å². The molecule has 0 radical (unpaired) electrons. The summed E-state index contributed by atoms with van der Waals surface area (Å²) in [5.41, 5.74) is 0.308. The predicted molar refractivity (Wildman–Crippen MR) is 84.0 cm³/mol. The Hall–Kier alpha value is -0.220. The van der Waals surface area contributed by atoms with Gasteiger partial charge in [-0.15, -0.1) is 0 Å². The highest BCUT2D eigenvalue weighted by Gasteiger charge is 2.28. The Balaban J connectivity index is 1.69. The van der Waals surface area contributed by atoms with Crippen LogP contribution in [-0.2, 0) is 4.74 Å². The van der Waals surface area contributed by atoms with Crippen molar-refractivity contribution in [1.82, 2.24) is 5.32 Å². The highest BCUT2D eigenvalue weighted by Crippen LogP contribution is 2.27. The number of ether oxygens (including phenoxy) is 1. The number of nitrogens with one attached hydrogen (secondary N) is 1. The second kappa shape index (κ2) is 6.98. The van der Waals surface area contributed by atoms with Gasteiger partial charge in [-0.05, 0) is 24.7 Å². The molecule has 1 saturated heterocycles. The van der Waals surface area contributed by atoms with Crippen molar-refractivity contribution in [2.45, 2.75) is 65.0 Å². The Kier molecular flexibility index (Phi) is 5.58. The van der Waals surface area contributed by atoms with Gasteiger partial charge in [0, 0.05) is 11.8 Å². The first-order chi connectivity index (χ1) is 9.05. The van der Waals surface area contributed by atoms with Crippen LogP contribution < -0.4 is 5.32 Å². The Morgan fingerprint density at radius 3 is 2.68 bits per heavy atom. The van der Waals surface area contributed by atoms with Gasteiger partial charge in [0.15, 0.2) is 5.17 Å². The summed E-state index contributed by atoms with van der Waals surface area (Å²) in [4.78, 5) is 4.65. The van der Waals surface area contributed by atoms with Gasteiger partial charge in [0.1, 0.15) is 0 Å². The molecule has 0 spiro atoms. The molecule has 0 amide bonds. The number of amidine groups is 1. The van der Waals surface area contributed by atoms with Crippen LogP contribution in [0.2, 0.25) is 0 Å². The molecular formula is C15H28N2OS. The van der Waals surface area contributed by atoms with Gasteiger partial charge in [0.25, 0.3) is 0 Å². The van der Waals surface area contributed by atoms with Crippen LogP contribution in [0.4, 0.5) is 0 Å². The van der Waals surface area contributed by atoms with E-state index in [2.05, 4.69) is 31.1 Å². The first kappa shape index (κ1) is 15.2. The first-order valence-electron chi connectivity index (χ1n) is 7.61. The minimum Gasteiger partial charge on any atom is -0.376 e. The van der Waals surface area contributed by atoms with E-state index >= 15 is 0 Å². The zero-order valence-corrected chi connectivity index (χ0v) is 13.4. The van der Waals surface area contributed by atoms with E-state index in [0.29, 0.717) is 17.6 Å². The normalized spacial score (nSPS) is 27.7. The quantitative estimate of drug-likeness (QED) is 0.803. The lowest BCUT2D eigenvalue weighted by Crippen LogP contribution is -2.46. The minimum absolute atomic E-state index is 0.308. The van der Waals surface area contributed by atoms with Crippen molar-refractivity contribution in [2.75, 3.05) is 18.9 Å². The van der Waals surface area contributed by atoms with Crippen molar-refractivity contribution in [3.05, 3.63) is 0 Å². The number of nitrogens with zero attached hydrogens (tertiary/aromatic N) is 1. The summed E-state index contributed by atoms with van der Waals surface area (Å²) in [6.07, 6.45) is 6.90. The monoisotopic (exact) mass is 284 g/mol. The second-order valence-electron chi connectivity index (χ2n) is 6.66. The van der Waals surface area contributed by atoms with E-state index in [4.69, 9.17) is 4.74 Å². The summed E-state index contributed by atoms with van der Waals surface area (Å²) in [5.74, 6) is 1.18. The summed E-state index contributed by atoms with van der Waals surface area (Å²) in [5, 5.41) is 4.69. The lowest BCUT2D eigenvalue weighted by Gasteiger charge is -2.35. The van der Waals surface area contributed by atoms with E-state index in [9.17, 15) is 0 Å². The molecule has 0 aromatic rings. The minimum atomic E-state index is 0.308. The van der Waals surface area contributed by atoms with Crippen LogP contribution >= 0.6 is 11.8 Å². The number of thioether (sulfide) groups is 1. The van der Waals surface area contributed by atoms with Crippen molar-refractivity contribution in [3.63, 3.8) is 0 Å². The van der Waals surface area contributed by atoms with Crippen LogP contribution in [0.3, 0.4) is 0 Å². The van der Waals surface area contributed by atoms with E-state index in [1.165, 1.54) is 37.9 Å². The Morgan fingerprint density at radius 1 is 1.26 bits per heavy atom. The number of rotatable bonds is 4. The molecule has 0 bridgehead atoms. The molecule has 2 aliphatic rings. The second-order valence-corrected chi connectivity index (χ2v) is 7.75. The van der Waals surface area contributed by atoms with Gasteiger partial charge in [-0.3, -0.25) is 4.99 Å². The molecule has 3 nitrogen and oxygen atoms in total. The van der Waals surface area contributed by atoms with Gasteiger partial charge in [0.2, 0.25) is 0 Å². The van der Waals surface area contributed by atoms with Crippen LogP contribution in [0.25, 0.3) is 0 Å². The van der Waals surface area contributed by atoms with Crippen LogP contribution in [0.1, 0.15) is 52.9 Å². The summed E-state index contributed by atoms with van der Waals surface area (Å²) >= 11 is 1.85. The topological polar surface area (TPSA) is 33.6 Å². The van der Waals surface area contributed by atoms with E-state index in [0.717, 1.165) is 18.3 Å². The standard InChI is InChI=1S/C15H28N2OS/c1-15(2,3)13-8-11-19-14(17-13)16-9-10-18-12-6-4-5-7-12/h12-13H,4-11H2,1-3H3,(H,16,17). The largest absolute Gasteiger partial charge is 0.376 e. The Labute approximate surface area is 122 Å². The molecule has 1 heterocycles. The maximum atomic E-state index is 5.84. The first-order valence-corrected chi connectivity index (χ1v) is 8.59. The molecule has 1 aliphatic carbocycles. The molecular weight excluding hydrogens is 256 g/mol. The fourth-order valence-corrected chi connectivity index (χ4v) is 3.65. The molecule has 4 heteroatoms. The fraction of sp³-hybridized carbons (Fsp3) is 0.933. The number of hydrogen-bond donors (Lipinski definition) is 1. The molecule has 0 aromatic carbocycles. The average molecular weight is 284 g/mol. The van der Waals surface area contributed by atoms with Crippen molar-refractivity contribution in [2.24, 2.45) is 10.4 Å². The molecule has 0 aromatic heterocycles. The van der Waals surface area contributed by atoms with Crippen molar-refractivity contribution in [1.29, 1.82) is 0 Å². The van der Waals surface area contributed by atoms with E-state index in [1.54, 1.807) is 0 Å². The summed E-state index contributed by atoms with van der Waals surface area (Å²) in [6.45, 7) is 8.45. The maximum Gasteiger partial charge on any atom is 0.156 e. The third-order valence-corrected chi connectivity index (χ3v) is 4.95. The molecule has 1 unspecified atom stereocenters. The lowest BCUT2D eigenvalue weighted by molar-refractivity contribution is 0.0643. The van der Waals surface area contributed by atoms with Crippen LogP contribution in [0.15, 0.2) is 4.99 Å². The van der Waals surface area contributed by atoms with Gasteiger partial charge in [-0.25, -0.2) is 0 Å². The molecule has 1 atom stereocenters. The molecule has 2 fully saturated rings. The fourth-order valence-electron chi connectivity index (χ4n) is 2.70. The number of aliphatic imine (C=N–C) groups is 1. The predicted octanol–water partition coefficient (Wildman–Crippen LogP) is 3.44. The van der Waals surface area contributed by atoms with Gasteiger partial charge in [0.05, 0.1) is 19.3 Å². The Bertz CT molecular complexity index is 306. The SMILES string of the molecule is CC(C)(C)C1CCSC(=NCCOC2CCCC2)N1. The van der Waals surface area contributed by atoms with Crippen LogP contribution in [0, 0.1) is 5.41 Å². The highest BCUT2D eigenvalue weighted by atomic mass is 32.2. The van der Waals surface area contributed by atoms with Crippen LogP contribution in [-0.4, -0.2) is 36.2 Å². The number of hydrogen-bond acceptors (Lipinski definition) is 3. The zero-order chi connectivity index (χ0) is 13.7. The summed E-state index contributed by atoms with van der Waals surface area (Å²) in [7, 11) is 0. The third-order valence-electron chi connectivity index (χ3n) is 3.99.